The van der Waals surface area contributed by atoms with E-state index in [0.29, 0.717) is 6.54 Å². The number of non-ortho nitro benzene ring substituents is 1. The molecule has 0 saturated carbocycles. The van der Waals surface area contributed by atoms with Gasteiger partial charge in [-0.2, -0.15) is 0 Å². The summed E-state index contributed by atoms with van der Waals surface area (Å²) in [5, 5.41) is 23.5. The Hall–Kier alpha value is -2.74. The number of hydrogen-bond donors (Lipinski definition) is 2. The summed E-state index contributed by atoms with van der Waals surface area (Å²) in [6, 6.07) is 8.60. The van der Waals surface area contributed by atoms with Crippen LogP contribution in [-0.2, 0) is 6.42 Å². The Balaban J connectivity index is 1.57. The number of aliphatic hydroxyl groups excluding tert-OH is 1. The fourth-order valence-corrected chi connectivity index (χ4v) is 3.21. The normalized spacial score (nSPS) is 17.1. The zero-order valence-corrected chi connectivity index (χ0v) is 14.5. The predicted molar refractivity (Wildman–Crippen MR) is 99.4 cm³/mol. The second-order valence-corrected chi connectivity index (χ2v) is 6.39. The van der Waals surface area contributed by atoms with Gasteiger partial charge in [-0.25, -0.2) is 9.97 Å². The lowest BCUT2D eigenvalue weighted by Crippen LogP contribution is -2.42. The molecule has 0 amide bonds. The van der Waals surface area contributed by atoms with Crippen molar-refractivity contribution in [1.29, 1.82) is 0 Å². The zero-order chi connectivity index (χ0) is 18.4. The number of nitro groups is 1. The smallest absolute Gasteiger partial charge is 0.269 e. The van der Waals surface area contributed by atoms with Crippen molar-refractivity contribution in [2.45, 2.75) is 31.7 Å². The molecule has 0 spiro atoms. The molecule has 1 aromatic carbocycles. The van der Waals surface area contributed by atoms with Crippen LogP contribution in [0.3, 0.4) is 0 Å². The first-order valence-corrected chi connectivity index (χ1v) is 8.84. The van der Waals surface area contributed by atoms with E-state index in [2.05, 4.69) is 20.2 Å². The lowest BCUT2D eigenvalue weighted by Gasteiger charge is -2.35. The molecule has 0 radical (unpaired) electrons. The topological polar surface area (TPSA) is 104 Å². The van der Waals surface area contributed by atoms with Crippen LogP contribution >= 0.6 is 0 Å². The van der Waals surface area contributed by atoms with Crippen LogP contribution in [0.15, 0.2) is 36.7 Å². The molecular weight excluding hydrogens is 334 g/mol. The summed E-state index contributed by atoms with van der Waals surface area (Å²) < 4.78 is 0. The van der Waals surface area contributed by atoms with E-state index in [1.165, 1.54) is 18.5 Å². The number of nitro benzene ring substituents is 1. The molecule has 1 aromatic heterocycles. The van der Waals surface area contributed by atoms with Crippen LogP contribution < -0.4 is 10.2 Å². The molecule has 1 unspecified atom stereocenters. The maximum absolute atomic E-state index is 10.7. The molecule has 1 saturated heterocycles. The number of hydrogen-bond acceptors (Lipinski definition) is 7. The molecule has 1 aliphatic rings. The van der Waals surface area contributed by atoms with Gasteiger partial charge in [0.2, 0.25) is 0 Å². The summed E-state index contributed by atoms with van der Waals surface area (Å²) in [5.41, 5.74) is 1.12. The first-order valence-electron chi connectivity index (χ1n) is 8.84. The number of aliphatic hydroxyl groups is 1. The summed E-state index contributed by atoms with van der Waals surface area (Å²) in [7, 11) is 0. The molecule has 3 rings (SSSR count). The standard InChI is InChI=1S/C18H23N5O3/c24-12-16-3-1-2-10-22(16)18-11-17(20-13-21-18)19-9-8-14-4-6-15(7-5-14)23(25)26/h4-7,11,13,16,24H,1-3,8-10,12H2,(H,19,20,21). The molecule has 0 aliphatic carbocycles. The first kappa shape index (κ1) is 18.1. The fourth-order valence-electron chi connectivity index (χ4n) is 3.21. The average molecular weight is 357 g/mol. The van der Waals surface area contributed by atoms with Crippen molar-refractivity contribution in [3.05, 3.63) is 52.3 Å². The van der Waals surface area contributed by atoms with E-state index < -0.39 is 4.92 Å². The number of benzene rings is 1. The van der Waals surface area contributed by atoms with Gasteiger partial charge in [0.05, 0.1) is 17.6 Å². The largest absolute Gasteiger partial charge is 0.394 e. The van der Waals surface area contributed by atoms with Crippen LogP contribution in [0.4, 0.5) is 17.3 Å². The molecule has 1 atom stereocenters. The number of piperidine rings is 1. The van der Waals surface area contributed by atoms with Crippen LogP contribution in [0.1, 0.15) is 24.8 Å². The molecule has 1 fully saturated rings. The van der Waals surface area contributed by atoms with Crippen molar-refractivity contribution in [2.24, 2.45) is 0 Å². The van der Waals surface area contributed by atoms with Gasteiger partial charge in [0.25, 0.3) is 5.69 Å². The zero-order valence-electron chi connectivity index (χ0n) is 14.5. The minimum atomic E-state index is -0.398. The third-order valence-corrected chi connectivity index (χ3v) is 4.65. The Morgan fingerprint density at radius 2 is 2.08 bits per heavy atom. The van der Waals surface area contributed by atoms with Crippen LogP contribution in [0.25, 0.3) is 0 Å². The highest BCUT2D eigenvalue weighted by Crippen LogP contribution is 2.24. The van der Waals surface area contributed by atoms with Crippen molar-refractivity contribution in [2.75, 3.05) is 29.9 Å². The maximum Gasteiger partial charge on any atom is 0.269 e. The van der Waals surface area contributed by atoms with Crippen LogP contribution in [0.5, 0.6) is 0 Å². The maximum atomic E-state index is 10.7. The molecule has 1 aliphatic heterocycles. The Bertz CT molecular complexity index is 738. The molecule has 26 heavy (non-hydrogen) atoms. The number of anilines is 2. The van der Waals surface area contributed by atoms with Crippen molar-refractivity contribution < 1.29 is 10.0 Å². The summed E-state index contributed by atoms with van der Waals surface area (Å²) in [4.78, 5) is 21.0. The Morgan fingerprint density at radius 3 is 2.81 bits per heavy atom. The van der Waals surface area contributed by atoms with Crippen LogP contribution in [-0.4, -0.2) is 45.7 Å². The lowest BCUT2D eigenvalue weighted by atomic mass is 10.0. The van der Waals surface area contributed by atoms with E-state index in [0.717, 1.165) is 49.4 Å². The van der Waals surface area contributed by atoms with Gasteiger partial charge < -0.3 is 15.3 Å². The minimum Gasteiger partial charge on any atom is -0.394 e. The van der Waals surface area contributed by atoms with Gasteiger partial charge in [0.1, 0.15) is 18.0 Å². The van der Waals surface area contributed by atoms with Crippen LogP contribution in [0, 0.1) is 10.1 Å². The Morgan fingerprint density at radius 1 is 1.27 bits per heavy atom. The highest BCUT2D eigenvalue weighted by Gasteiger charge is 2.23. The average Bonchev–Trinajstić information content (AvgIpc) is 2.68. The quantitative estimate of drug-likeness (QED) is 0.579. The fraction of sp³-hybridized carbons (Fsp3) is 0.444. The summed E-state index contributed by atoms with van der Waals surface area (Å²) in [6.07, 6.45) is 5.48. The molecule has 0 bridgehead atoms. The first-order chi connectivity index (χ1) is 12.7. The molecule has 138 valence electrons. The van der Waals surface area contributed by atoms with Crippen molar-refractivity contribution >= 4 is 17.3 Å². The van der Waals surface area contributed by atoms with Gasteiger partial charge in [-0.1, -0.05) is 12.1 Å². The van der Waals surface area contributed by atoms with Crippen molar-refractivity contribution in [3.63, 3.8) is 0 Å². The van der Waals surface area contributed by atoms with E-state index in [4.69, 9.17) is 0 Å². The van der Waals surface area contributed by atoms with E-state index in [1.807, 2.05) is 6.07 Å². The molecule has 2 aromatic rings. The molecule has 2 heterocycles. The third kappa shape index (κ3) is 4.45. The van der Waals surface area contributed by atoms with E-state index in [-0.39, 0.29) is 18.3 Å². The van der Waals surface area contributed by atoms with Gasteiger partial charge >= 0.3 is 0 Å². The summed E-state index contributed by atoms with van der Waals surface area (Å²) >= 11 is 0. The summed E-state index contributed by atoms with van der Waals surface area (Å²) in [6.45, 7) is 1.69. The third-order valence-electron chi connectivity index (χ3n) is 4.65. The highest BCUT2D eigenvalue weighted by atomic mass is 16.6. The molecule has 8 nitrogen and oxygen atoms in total. The van der Waals surface area contributed by atoms with Gasteiger partial charge in [0, 0.05) is 31.3 Å². The van der Waals surface area contributed by atoms with E-state index >= 15 is 0 Å². The number of aromatic nitrogens is 2. The van der Waals surface area contributed by atoms with Gasteiger partial charge in [0.15, 0.2) is 0 Å². The highest BCUT2D eigenvalue weighted by molar-refractivity contribution is 5.49. The minimum absolute atomic E-state index is 0.0992. The van der Waals surface area contributed by atoms with Crippen LogP contribution in [0.2, 0.25) is 0 Å². The second kappa shape index (κ2) is 8.57. The summed E-state index contributed by atoms with van der Waals surface area (Å²) in [5.74, 6) is 1.57. The Kier molecular flexibility index (Phi) is 5.96. The second-order valence-electron chi connectivity index (χ2n) is 6.39. The van der Waals surface area contributed by atoms with Crippen molar-refractivity contribution in [3.8, 4) is 0 Å². The number of nitrogens with one attached hydrogen (secondary N) is 1. The van der Waals surface area contributed by atoms with E-state index in [9.17, 15) is 15.2 Å². The molecule has 2 N–H and O–H groups in total. The lowest BCUT2D eigenvalue weighted by molar-refractivity contribution is -0.384. The number of rotatable bonds is 7. The molecular formula is C18H23N5O3. The predicted octanol–water partition coefficient (Wildman–Crippen LogP) is 2.39. The van der Waals surface area contributed by atoms with Gasteiger partial charge in [-0.3, -0.25) is 10.1 Å². The SMILES string of the molecule is O=[N+]([O-])c1ccc(CCNc2cc(N3CCCCC3CO)ncn2)cc1. The molecule has 8 heteroatoms. The monoisotopic (exact) mass is 357 g/mol. The van der Waals surface area contributed by atoms with E-state index in [1.54, 1.807) is 12.1 Å². The van der Waals surface area contributed by atoms with Crippen molar-refractivity contribution in [1.82, 2.24) is 9.97 Å². The van der Waals surface area contributed by atoms with Gasteiger partial charge in [-0.15, -0.1) is 0 Å². The van der Waals surface area contributed by atoms with Gasteiger partial charge in [-0.05, 0) is 31.2 Å². The Labute approximate surface area is 152 Å². The number of nitrogens with zero attached hydrogens (tertiary/aromatic N) is 4.